The third-order valence-corrected chi connectivity index (χ3v) is 3.81. The molecule has 4 heteroatoms. The maximum Gasteiger partial charge on any atom is 0.274 e. The van der Waals surface area contributed by atoms with Gasteiger partial charge in [-0.1, -0.05) is 35.5 Å². The molecule has 0 saturated carbocycles. The van der Waals surface area contributed by atoms with Gasteiger partial charge in [-0.3, -0.25) is 4.79 Å². The average molecular weight is 270 g/mol. The molecular formula is C16H18N2O2. The number of hydrogen-bond acceptors (Lipinski definition) is 3. The Morgan fingerprint density at radius 3 is 2.80 bits per heavy atom. The van der Waals surface area contributed by atoms with Gasteiger partial charge in [0.15, 0.2) is 5.69 Å². The Labute approximate surface area is 118 Å². The predicted octanol–water partition coefficient (Wildman–Crippen LogP) is 3.04. The molecule has 0 saturated heterocycles. The number of aromatic nitrogens is 1. The normalized spacial score (nSPS) is 15.4. The van der Waals surface area contributed by atoms with Gasteiger partial charge in [-0.25, -0.2) is 0 Å². The molecule has 1 aliphatic rings. The van der Waals surface area contributed by atoms with Gasteiger partial charge >= 0.3 is 0 Å². The molecule has 20 heavy (non-hydrogen) atoms. The van der Waals surface area contributed by atoms with E-state index in [1.165, 1.54) is 0 Å². The summed E-state index contributed by atoms with van der Waals surface area (Å²) in [6.07, 6.45) is 4.00. The van der Waals surface area contributed by atoms with Crippen molar-refractivity contribution in [1.82, 2.24) is 10.5 Å². The van der Waals surface area contributed by atoms with Crippen molar-refractivity contribution in [3.05, 3.63) is 52.9 Å². The predicted molar refractivity (Wildman–Crippen MR) is 75.5 cm³/mol. The first kappa shape index (κ1) is 12.9. The summed E-state index contributed by atoms with van der Waals surface area (Å²) in [4.78, 5) is 12.3. The summed E-state index contributed by atoms with van der Waals surface area (Å²) in [6, 6.07) is 9.87. The third kappa shape index (κ3) is 2.46. The van der Waals surface area contributed by atoms with E-state index in [-0.39, 0.29) is 11.9 Å². The Morgan fingerprint density at radius 1 is 1.25 bits per heavy atom. The Hall–Kier alpha value is -2.10. The lowest BCUT2D eigenvalue weighted by Crippen LogP contribution is -2.28. The summed E-state index contributed by atoms with van der Waals surface area (Å²) < 4.78 is 5.28. The van der Waals surface area contributed by atoms with Gasteiger partial charge in [0, 0.05) is 12.0 Å². The van der Waals surface area contributed by atoms with Crippen LogP contribution in [0.25, 0.3) is 0 Å². The molecule has 0 radical (unpaired) electrons. The topological polar surface area (TPSA) is 55.1 Å². The standard InChI is InChI=1S/C16H18N2O2/c1-11(12-7-3-2-4-8-12)17-16(19)15-13-9-5-6-10-14(13)20-18-15/h2-4,7-8,11H,5-6,9-10H2,1H3,(H,17,19)/t11-/m0/s1. The van der Waals surface area contributed by atoms with Crippen LogP contribution in [0.5, 0.6) is 0 Å². The second-order valence-corrected chi connectivity index (χ2v) is 5.25. The average Bonchev–Trinajstić information content (AvgIpc) is 2.92. The molecule has 1 aromatic carbocycles. The SMILES string of the molecule is C[C@H](NC(=O)c1noc2c1CCCC2)c1ccccc1. The van der Waals surface area contributed by atoms with Crippen molar-refractivity contribution in [2.75, 3.05) is 0 Å². The van der Waals surface area contributed by atoms with Gasteiger partial charge < -0.3 is 9.84 Å². The van der Waals surface area contributed by atoms with Gasteiger partial charge in [-0.2, -0.15) is 0 Å². The molecule has 4 nitrogen and oxygen atoms in total. The molecule has 0 bridgehead atoms. The number of carbonyl (C=O) groups is 1. The molecule has 1 atom stereocenters. The maximum atomic E-state index is 12.3. The van der Waals surface area contributed by atoms with Crippen LogP contribution in [0.2, 0.25) is 0 Å². The molecule has 0 aliphatic heterocycles. The van der Waals surface area contributed by atoms with Crippen LogP contribution < -0.4 is 5.32 Å². The number of aryl methyl sites for hydroxylation is 1. The van der Waals surface area contributed by atoms with Crippen LogP contribution in [0.3, 0.4) is 0 Å². The minimum absolute atomic E-state index is 0.0420. The Morgan fingerprint density at radius 2 is 2.00 bits per heavy atom. The summed E-state index contributed by atoms with van der Waals surface area (Å²) >= 11 is 0. The monoisotopic (exact) mass is 270 g/mol. The number of carbonyl (C=O) groups excluding carboxylic acids is 1. The zero-order valence-electron chi connectivity index (χ0n) is 11.6. The molecule has 1 amide bonds. The van der Waals surface area contributed by atoms with Crippen LogP contribution in [0.4, 0.5) is 0 Å². The van der Waals surface area contributed by atoms with Crippen LogP contribution in [0, 0.1) is 0 Å². The quantitative estimate of drug-likeness (QED) is 0.932. The van der Waals surface area contributed by atoms with E-state index in [0.717, 1.165) is 42.6 Å². The number of hydrogen-bond donors (Lipinski definition) is 1. The number of nitrogens with zero attached hydrogens (tertiary/aromatic N) is 1. The summed E-state index contributed by atoms with van der Waals surface area (Å²) in [5.74, 6) is 0.738. The molecular weight excluding hydrogens is 252 g/mol. The van der Waals surface area contributed by atoms with Crippen molar-refractivity contribution in [2.45, 2.75) is 38.6 Å². The lowest BCUT2D eigenvalue weighted by Gasteiger charge is -2.14. The molecule has 1 aliphatic carbocycles. The van der Waals surface area contributed by atoms with Crippen LogP contribution in [0.1, 0.15) is 53.2 Å². The van der Waals surface area contributed by atoms with Crippen molar-refractivity contribution in [2.24, 2.45) is 0 Å². The first-order chi connectivity index (χ1) is 9.75. The molecule has 104 valence electrons. The van der Waals surface area contributed by atoms with Crippen molar-refractivity contribution in [3.63, 3.8) is 0 Å². The summed E-state index contributed by atoms with van der Waals surface area (Å²) in [6.45, 7) is 1.97. The van der Waals surface area contributed by atoms with E-state index < -0.39 is 0 Å². The van der Waals surface area contributed by atoms with Gasteiger partial charge in [0.05, 0.1) is 6.04 Å². The van der Waals surface area contributed by atoms with Gasteiger partial charge in [0.1, 0.15) is 5.76 Å². The highest BCUT2D eigenvalue weighted by Crippen LogP contribution is 2.24. The van der Waals surface area contributed by atoms with E-state index in [1.54, 1.807) is 0 Å². The molecule has 0 unspecified atom stereocenters. The summed E-state index contributed by atoms with van der Waals surface area (Å²) in [5, 5.41) is 6.94. The lowest BCUT2D eigenvalue weighted by molar-refractivity contribution is 0.0930. The van der Waals surface area contributed by atoms with E-state index in [4.69, 9.17) is 4.52 Å². The zero-order valence-corrected chi connectivity index (χ0v) is 11.6. The molecule has 3 rings (SSSR count). The highest BCUT2D eigenvalue weighted by atomic mass is 16.5. The Kier molecular flexibility index (Phi) is 3.54. The minimum atomic E-state index is -0.145. The fourth-order valence-corrected chi connectivity index (χ4v) is 2.65. The molecule has 1 aromatic heterocycles. The Balaban J connectivity index is 1.75. The van der Waals surface area contributed by atoms with Gasteiger partial charge in [-0.15, -0.1) is 0 Å². The van der Waals surface area contributed by atoms with Crippen LogP contribution in [0.15, 0.2) is 34.9 Å². The lowest BCUT2D eigenvalue weighted by atomic mass is 9.96. The largest absolute Gasteiger partial charge is 0.360 e. The van der Waals surface area contributed by atoms with E-state index in [0.29, 0.717) is 5.69 Å². The number of rotatable bonds is 3. The van der Waals surface area contributed by atoms with Crippen molar-refractivity contribution < 1.29 is 9.32 Å². The number of amides is 1. The van der Waals surface area contributed by atoms with Gasteiger partial charge in [0.2, 0.25) is 0 Å². The first-order valence-electron chi connectivity index (χ1n) is 7.09. The highest BCUT2D eigenvalue weighted by Gasteiger charge is 2.24. The molecule has 2 aromatic rings. The van der Waals surface area contributed by atoms with E-state index in [1.807, 2.05) is 37.3 Å². The van der Waals surface area contributed by atoms with Crippen LogP contribution >= 0.6 is 0 Å². The smallest absolute Gasteiger partial charge is 0.274 e. The van der Waals surface area contributed by atoms with Gasteiger partial charge in [-0.05, 0) is 31.7 Å². The second-order valence-electron chi connectivity index (χ2n) is 5.25. The highest BCUT2D eigenvalue weighted by molar-refractivity contribution is 5.94. The minimum Gasteiger partial charge on any atom is -0.360 e. The molecule has 1 N–H and O–H groups in total. The third-order valence-electron chi connectivity index (χ3n) is 3.81. The van der Waals surface area contributed by atoms with Crippen molar-refractivity contribution >= 4 is 5.91 Å². The molecule has 0 spiro atoms. The summed E-state index contributed by atoms with van der Waals surface area (Å²) in [5.41, 5.74) is 2.54. The molecule has 1 heterocycles. The van der Waals surface area contributed by atoms with E-state index in [2.05, 4.69) is 10.5 Å². The number of nitrogens with one attached hydrogen (secondary N) is 1. The zero-order chi connectivity index (χ0) is 13.9. The number of fused-ring (bicyclic) bond motifs is 1. The fraction of sp³-hybridized carbons (Fsp3) is 0.375. The van der Waals surface area contributed by atoms with E-state index in [9.17, 15) is 4.79 Å². The molecule has 0 fully saturated rings. The van der Waals surface area contributed by atoms with E-state index >= 15 is 0 Å². The number of benzene rings is 1. The first-order valence-corrected chi connectivity index (χ1v) is 7.09. The fourth-order valence-electron chi connectivity index (χ4n) is 2.65. The van der Waals surface area contributed by atoms with Gasteiger partial charge in [0.25, 0.3) is 5.91 Å². The van der Waals surface area contributed by atoms with Crippen molar-refractivity contribution in [1.29, 1.82) is 0 Å². The Bertz CT molecular complexity index is 604. The van der Waals surface area contributed by atoms with Crippen LogP contribution in [-0.4, -0.2) is 11.1 Å². The second kappa shape index (κ2) is 5.49. The maximum absolute atomic E-state index is 12.3. The van der Waals surface area contributed by atoms with Crippen molar-refractivity contribution in [3.8, 4) is 0 Å². The van der Waals surface area contributed by atoms with Crippen LogP contribution in [-0.2, 0) is 12.8 Å². The summed E-state index contributed by atoms with van der Waals surface area (Å²) in [7, 11) is 0.